The third-order valence-corrected chi connectivity index (χ3v) is 3.90. The van der Waals surface area contributed by atoms with E-state index in [2.05, 4.69) is 30.9 Å². The third-order valence-electron chi connectivity index (χ3n) is 3.70. The summed E-state index contributed by atoms with van der Waals surface area (Å²) in [4.78, 5) is 46.6. The smallest absolute Gasteiger partial charge is 0.274 e. The highest BCUT2D eigenvalue weighted by atomic mass is 35.5. The molecule has 4 N–H and O–H groups in total. The van der Waals surface area contributed by atoms with Crippen molar-refractivity contribution in [3.05, 3.63) is 71.0 Å². The van der Waals surface area contributed by atoms with Gasteiger partial charge in [0.1, 0.15) is 10.8 Å². The van der Waals surface area contributed by atoms with Gasteiger partial charge in [0.15, 0.2) is 5.69 Å². The first-order chi connectivity index (χ1) is 13.5. The molecule has 1 aromatic carbocycles. The molecule has 0 atom stereocenters. The van der Waals surface area contributed by atoms with Gasteiger partial charge in [-0.3, -0.25) is 14.4 Å². The summed E-state index contributed by atoms with van der Waals surface area (Å²) in [5.74, 6) is -1.33. The molecule has 142 valence electrons. The summed E-state index contributed by atoms with van der Waals surface area (Å²) in [5, 5.41) is 8.01. The van der Waals surface area contributed by atoms with Crippen molar-refractivity contribution < 1.29 is 14.4 Å². The van der Waals surface area contributed by atoms with Gasteiger partial charge in [-0.2, -0.15) is 0 Å². The Balaban J connectivity index is 1.66. The number of carbonyl (C=O) groups excluding carboxylic acids is 3. The molecule has 0 fully saturated rings. The van der Waals surface area contributed by atoms with Gasteiger partial charge in [-0.05, 0) is 36.4 Å². The maximum Gasteiger partial charge on any atom is 0.274 e. The fourth-order valence-electron chi connectivity index (χ4n) is 2.34. The van der Waals surface area contributed by atoms with Crippen molar-refractivity contribution in [3.8, 4) is 0 Å². The molecule has 2 heterocycles. The van der Waals surface area contributed by atoms with E-state index in [0.29, 0.717) is 16.9 Å². The Hall–Kier alpha value is -3.72. The van der Waals surface area contributed by atoms with Gasteiger partial charge in [0.2, 0.25) is 0 Å². The van der Waals surface area contributed by atoms with Crippen LogP contribution in [-0.4, -0.2) is 39.7 Å². The minimum atomic E-state index is -0.515. The van der Waals surface area contributed by atoms with Crippen LogP contribution in [0.1, 0.15) is 31.3 Å². The van der Waals surface area contributed by atoms with Crippen LogP contribution in [0, 0.1) is 0 Å². The summed E-state index contributed by atoms with van der Waals surface area (Å²) in [6.07, 6.45) is 2.71. The zero-order chi connectivity index (χ0) is 20.1. The number of hydrogen-bond donors (Lipinski definition) is 4. The maximum atomic E-state index is 12.3. The molecule has 3 rings (SSSR count). The van der Waals surface area contributed by atoms with Crippen molar-refractivity contribution in [2.24, 2.45) is 0 Å². The van der Waals surface area contributed by atoms with Crippen molar-refractivity contribution in [3.63, 3.8) is 0 Å². The molecule has 0 saturated heterocycles. The number of amides is 3. The van der Waals surface area contributed by atoms with Crippen LogP contribution >= 0.6 is 11.6 Å². The first kappa shape index (κ1) is 19.1. The summed E-state index contributed by atoms with van der Waals surface area (Å²) < 4.78 is 0. The number of pyridine rings is 1. The van der Waals surface area contributed by atoms with Gasteiger partial charge in [0.25, 0.3) is 17.7 Å². The standard InChI is InChI=1S/C18H15ClN6O3/c1-20-17(27)14-15(23-9-22-14)18(28)25-12-4-2-11(3-5-12)24-16(26)10-6-7-21-13(19)8-10/h2-9H,1H3,(H,20,27)(H,22,23)(H,24,26)(H,25,28). The van der Waals surface area contributed by atoms with E-state index in [-0.39, 0.29) is 22.4 Å². The normalized spacial score (nSPS) is 10.2. The van der Waals surface area contributed by atoms with Gasteiger partial charge >= 0.3 is 0 Å². The van der Waals surface area contributed by atoms with Crippen LogP contribution in [0.4, 0.5) is 11.4 Å². The van der Waals surface area contributed by atoms with Crippen LogP contribution in [0.25, 0.3) is 0 Å². The van der Waals surface area contributed by atoms with Crippen molar-refractivity contribution in [1.29, 1.82) is 0 Å². The lowest BCUT2D eigenvalue weighted by atomic mass is 10.2. The Morgan fingerprint density at radius 1 is 0.929 bits per heavy atom. The number of benzene rings is 1. The number of carbonyl (C=O) groups is 3. The highest BCUT2D eigenvalue weighted by molar-refractivity contribution is 6.29. The van der Waals surface area contributed by atoms with E-state index in [1.165, 1.54) is 25.6 Å². The molecule has 0 aliphatic rings. The van der Waals surface area contributed by atoms with Crippen LogP contribution in [-0.2, 0) is 0 Å². The Bertz CT molecular complexity index is 1030. The van der Waals surface area contributed by atoms with E-state index < -0.39 is 11.8 Å². The second-order valence-corrected chi connectivity index (χ2v) is 5.95. The average molecular weight is 399 g/mol. The summed E-state index contributed by atoms with van der Waals surface area (Å²) in [5.41, 5.74) is 1.43. The van der Waals surface area contributed by atoms with Crippen molar-refractivity contribution >= 4 is 40.7 Å². The van der Waals surface area contributed by atoms with Crippen LogP contribution in [0.15, 0.2) is 48.9 Å². The molecule has 28 heavy (non-hydrogen) atoms. The number of hydrogen-bond acceptors (Lipinski definition) is 5. The van der Waals surface area contributed by atoms with Gasteiger partial charge in [-0.15, -0.1) is 0 Å². The van der Waals surface area contributed by atoms with E-state index in [4.69, 9.17) is 11.6 Å². The molecule has 2 aromatic heterocycles. The van der Waals surface area contributed by atoms with Crippen LogP contribution < -0.4 is 16.0 Å². The lowest BCUT2D eigenvalue weighted by Gasteiger charge is -2.08. The molecule has 0 spiro atoms. The predicted octanol–water partition coefficient (Wildman–Crippen LogP) is 2.32. The molecule has 0 aliphatic heterocycles. The zero-order valence-corrected chi connectivity index (χ0v) is 15.4. The van der Waals surface area contributed by atoms with Crippen molar-refractivity contribution in [2.45, 2.75) is 0 Å². The number of aromatic amines is 1. The lowest BCUT2D eigenvalue weighted by molar-refractivity contribution is 0.0943. The number of rotatable bonds is 5. The topological polar surface area (TPSA) is 129 Å². The first-order valence-electron chi connectivity index (χ1n) is 8.07. The third kappa shape index (κ3) is 4.33. The molecular weight excluding hydrogens is 384 g/mol. The summed E-state index contributed by atoms with van der Waals surface area (Å²) in [6.45, 7) is 0. The van der Waals surface area contributed by atoms with Crippen LogP contribution in [0.3, 0.4) is 0 Å². The Morgan fingerprint density at radius 2 is 1.57 bits per heavy atom. The minimum absolute atomic E-state index is 0.0000970. The molecule has 3 aromatic rings. The molecule has 0 saturated carbocycles. The number of nitrogens with one attached hydrogen (secondary N) is 4. The fraction of sp³-hybridized carbons (Fsp3) is 0.0556. The summed E-state index contributed by atoms with van der Waals surface area (Å²) >= 11 is 5.78. The fourth-order valence-corrected chi connectivity index (χ4v) is 2.51. The number of aromatic nitrogens is 3. The second kappa shape index (κ2) is 8.31. The molecule has 0 bridgehead atoms. The van der Waals surface area contributed by atoms with Crippen molar-refractivity contribution in [2.75, 3.05) is 17.7 Å². The second-order valence-electron chi connectivity index (χ2n) is 5.56. The SMILES string of the molecule is CNC(=O)c1nc[nH]c1C(=O)Nc1ccc(NC(=O)c2ccnc(Cl)c2)cc1. The summed E-state index contributed by atoms with van der Waals surface area (Å²) in [6, 6.07) is 9.49. The van der Waals surface area contributed by atoms with E-state index in [0.717, 1.165) is 0 Å². The van der Waals surface area contributed by atoms with Gasteiger partial charge in [-0.1, -0.05) is 11.6 Å². The van der Waals surface area contributed by atoms with Crippen LogP contribution in [0.5, 0.6) is 0 Å². The number of imidazole rings is 1. The van der Waals surface area contributed by atoms with E-state index in [9.17, 15) is 14.4 Å². The van der Waals surface area contributed by atoms with E-state index in [1.807, 2.05) is 0 Å². The van der Waals surface area contributed by atoms with Crippen LogP contribution in [0.2, 0.25) is 5.15 Å². The molecule has 0 unspecified atom stereocenters. The van der Waals surface area contributed by atoms with Gasteiger partial charge in [0, 0.05) is 30.2 Å². The average Bonchev–Trinajstić information content (AvgIpc) is 3.19. The lowest BCUT2D eigenvalue weighted by Crippen LogP contribution is -2.23. The highest BCUT2D eigenvalue weighted by Gasteiger charge is 2.19. The monoisotopic (exact) mass is 398 g/mol. The predicted molar refractivity (Wildman–Crippen MR) is 104 cm³/mol. The van der Waals surface area contributed by atoms with Gasteiger partial charge in [-0.25, -0.2) is 9.97 Å². The Morgan fingerprint density at radius 3 is 2.18 bits per heavy atom. The van der Waals surface area contributed by atoms with E-state index in [1.54, 1.807) is 30.3 Å². The molecule has 9 nitrogen and oxygen atoms in total. The maximum absolute atomic E-state index is 12.3. The Kier molecular flexibility index (Phi) is 5.66. The zero-order valence-electron chi connectivity index (χ0n) is 14.6. The number of H-pyrrole nitrogens is 1. The molecular formula is C18H15ClN6O3. The molecule has 3 amide bonds. The van der Waals surface area contributed by atoms with Crippen molar-refractivity contribution in [1.82, 2.24) is 20.3 Å². The highest BCUT2D eigenvalue weighted by Crippen LogP contribution is 2.16. The summed E-state index contributed by atoms with van der Waals surface area (Å²) in [7, 11) is 1.45. The largest absolute Gasteiger partial charge is 0.354 e. The molecule has 0 radical (unpaired) electrons. The number of anilines is 2. The van der Waals surface area contributed by atoms with Gasteiger partial charge in [0.05, 0.1) is 6.33 Å². The molecule has 10 heteroatoms. The quantitative estimate of drug-likeness (QED) is 0.490. The molecule has 0 aliphatic carbocycles. The Labute approximate surface area is 164 Å². The number of halogens is 1. The van der Waals surface area contributed by atoms with Gasteiger partial charge < -0.3 is 20.9 Å². The first-order valence-corrected chi connectivity index (χ1v) is 8.45. The van der Waals surface area contributed by atoms with E-state index >= 15 is 0 Å². The minimum Gasteiger partial charge on any atom is -0.354 e. The number of nitrogens with zero attached hydrogens (tertiary/aromatic N) is 2.